The summed E-state index contributed by atoms with van der Waals surface area (Å²) in [5.74, 6) is -0.495. The molecule has 6 nitrogen and oxygen atoms in total. The molecule has 4 atom stereocenters. The Morgan fingerprint density at radius 1 is 1.21 bits per heavy atom. The van der Waals surface area contributed by atoms with Gasteiger partial charge in [-0.2, -0.15) is 0 Å². The average molecular weight is 390 g/mol. The molecule has 2 amide bonds. The molecule has 2 aromatic rings. The highest BCUT2D eigenvalue weighted by molar-refractivity contribution is 6.03. The van der Waals surface area contributed by atoms with Crippen LogP contribution in [0, 0.1) is 11.8 Å². The first kappa shape index (κ1) is 17.9. The molecule has 2 aromatic carbocycles. The van der Waals surface area contributed by atoms with E-state index in [9.17, 15) is 9.59 Å². The number of carbonyl (C=O) groups excluding carboxylic acids is 2. The summed E-state index contributed by atoms with van der Waals surface area (Å²) in [5, 5.41) is 2.99. The molecule has 1 N–H and O–H groups in total. The monoisotopic (exact) mass is 390 g/mol. The zero-order valence-corrected chi connectivity index (χ0v) is 16.1. The zero-order valence-electron chi connectivity index (χ0n) is 16.1. The van der Waals surface area contributed by atoms with Gasteiger partial charge in [-0.05, 0) is 29.8 Å². The first-order valence-corrected chi connectivity index (χ1v) is 9.75. The van der Waals surface area contributed by atoms with Crippen LogP contribution in [-0.2, 0) is 20.9 Å². The molecule has 2 saturated heterocycles. The number of amides is 2. The van der Waals surface area contributed by atoms with Gasteiger partial charge in [0, 0.05) is 12.2 Å². The van der Waals surface area contributed by atoms with Gasteiger partial charge in [0.05, 0.1) is 31.6 Å². The van der Waals surface area contributed by atoms with Crippen molar-refractivity contribution in [3.63, 3.8) is 0 Å². The summed E-state index contributed by atoms with van der Waals surface area (Å²) in [6.45, 7) is 0.848. The number of ether oxygens (including phenoxy) is 2. The standard InChI is InChI=1S/C23H22N2O4/c1-28-17-9-7-16(8-10-17)25-14-23-12-11-18(29-23)19(20(23)22(25)27)21(26)24-13-15-5-3-2-4-6-15/h2-12,18-20H,13-14H2,1H3,(H,24,26)/t18-,19?,20+,23-/m1/s1. The first-order chi connectivity index (χ1) is 14.1. The lowest BCUT2D eigenvalue weighted by atomic mass is 9.77. The summed E-state index contributed by atoms with van der Waals surface area (Å²) in [6, 6.07) is 17.1. The van der Waals surface area contributed by atoms with Gasteiger partial charge in [-0.25, -0.2) is 0 Å². The van der Waals surface area contributed by atoms with E-state index < -0.39 is 17.4 Å². The topological polar surface area (TPSA) is 67.9 Å². The molecular weight excluding hydrogens is 368 g/mol. The van der Waals surface area contributed by atoms with Gasteiger partial charge >= 0.3 is 0 Å². The Balaban J connectivity index is 1.37. The molecule has 3 heterocycles. The Labute approximate surface area is 169 Å². The maximum Gasteiger partial charge on any atom is 0.234 e. The molecule has 1 spiro atoms. The summed E-state index contributed by atoms with van der Waals surface area (Å²) in [5.41, 5.74) is 1.08. The van der Waals surface area contributed by atoms with Crippen LogP contribution < -0.4 is 15.0 Å². The maximum atomic E-state index is 13.3. The van der Waals surface area contributed by atoms with Crippen LogP contribution in [0.15, 0.2) is 66.7 Å². The fourth-order valence-electron chi connectivity index (χ4n) is 4.68. The van der Waals surface area contributed by atoms with Crippen molar-refractivity contribution in [2.45, 2.75) is 18.2 Å². The number of hydrogen-bond acceptors (Lipinski definition) is 4. The maximum absolute atomic E-state index is 13.3. The van der Waals surface area contributed by atoms with Crippen LogP contribution in [0.4, 0.5) is 5.69 Å². The molecular formula is C23H22N2O4. The normalized spacial score (nSPS) is 29.2. The molecule has 5 rings (SSSR count). The van der Waals surface area contributed by atoms with E-state index in [1.54, 1.807) is 12.0 Å². The van der Waals surface area contributed by atoms with Gasteiger partial charge in [0.1, 0.15) is 11.4 Å². The third-order valence-electron chi connectivity index (χ3n) is 6.10. The number of rotatable bonds is 5. The summed E-state index contributed by atoms with van der Waals surface area (Å²) < 4.78 is 11.4. The molecule has 2 bridgehead atoms. The SMILES string of the molecule is COc1ccc(N2C[C@@]34C=C[C@@H](O3)C(C(=O)NCc3ccccc3)[C@H]4C2=O)cc1. The van der Waals surface area contributed by atoms with Crippen LogP contribution in [0.5, 0.6) is 5.75 Å². The number of hydrogen-bond donors (Lipinski definition) is 1. The molecule has 3 aliphatic heterocycles. The van der Waals surface area contributed by atoms with Gasteiger partial charge in [-0.3, -0.25) is 9.59 Å². The van der Waals surface area contributed by atoms with Crippen molar-refractivity contribution in [1.82, 2.24) is 5.32 Å². The lowest BCUT2D eigenvalue weighted by Crippen LogP contribution is -2.43. The fraction of sp³-hybridized carbons (Fsp3) is 0.304. The number of fused-ring (bicyclic) bond motifs is 1. The third-order valence-corrected chi connectivity index (χ3v) is 6.10. The number of methoxy groups -OCH3 is 1. The van der Waals surface area contributed by atoms with Crippen molar-refractivity contribution in [2.24, 2.45) is 11.8 Å². The van der Waals surface area contributed by atoms with E-state index in [0.29, 0.717) is 13.1 Å². The quantitative estimate of drug-likeness (QED) is 0.796. The van der Waals surface area contributed by atoms with Gasteiger partial charge in [0.25, 0.3) is 0 Å². The minimum absolute atomic E-state index is 0.0677. The molecule has 6 heteroatoms. The molecule has 3 aliphatic rings. The minimum atomic E-state index is -0.726. The Bertz CT molecular complexity index is 972. The lowest BCUT2D eigenvalue weighted by molar-refractivity contribution is -0.132. The third kappa shape index (κ3) is 2.83. The molecule has 148 valence electrons. The molecule has 0 aliphatic carbocycles. The van der Waals surface area contributed by atoms with Crippen molar-refractivity contribution < 1.29 is 19.1 Å². The van der Waals surface area contributed by atoms with Gasteiger partial charge in [-0.1, -0.05) is 42.5 Å². The van der Waals surface area contributed by atoms with E-state index in [2.05, 4.69) is 5.32 Å². The Hall–Kier alpha value is -3.12. The molecule has 0 aromatic heterocycles. The summed E-state index contributed by atoms with van der Waals surface area (Å²) in [4.78, 5) is 28.0. The molecule has 0 radical (unpaired) electrons. The second kappa shape index (κ2) is 6.74. The Morgan fingerprint density at radius 2 is 1.97 bits per heavy atom. The van der Waals surface area contributed by atoms with E-state index in [0.717, 1.165) is 17.0 Å². The van der Waals surface area contributed by atoms with Gasteiger partial charge in [-0.15, -0.1) is 0 Å². The minimum Gasteiger partial charge on any atom is -0.497 e. The number of nitrogens with zero attached hydrogens (tertiary/aromatic N) is 1. The number of anilines is 1. The van der Waals surface area contributed by atoms with Gasteiger partial charge in [0.15, 0.2) is 0 Å². The van der Waals surface area contributed by atoms with Crippen LogP contribution in [0.1, 0.15) is 5.56 Å². The van der Waals surface area contributed by atoms with Gasteiger partial charge in [0.2, 0.25) is 11.8 Å². The van der Waals surface area contributed by atoms with E-state index in [4.69, 9.17) is 9.47 Å². The van der Waals surface area contributed by atoms with E-state index in [-0.39, 0.29) is 17.9 Å². The molecule has 0 saturated carbocycles. The van der Waals surface area contributed by atoms with Crippen molar-refractivity contribution in [3.8, 4) is 5.75 Å². The van der Waals surface area contributed by atoms with Crippen LogP contribution in [0.3, 0.4) is 0 Å². The number of benzene rings is 2. The molecule has 2 fully saturated rings. The van der Waals surface area contributed by atoms with Crippen molar-refractivity contribution in [3.05, 3.63) is 72.3 Å². The van der Waals surface area contributed by atoms with Crippen LogP contribution in [0.25, 0.3) is 0 Å². The van der Waals surface area contributed by atoms with Crippen molar-refractivity contribution in [2.75, 3.05) is 18.6 Å². The van der Waals surface area contributed by atoms with E-state index >= 15 is 0 Å². The molecule has 29 heavy (non-hydrogen) atoms. The average Bonchev–Trinajstić information content (AvgIpc) is 3.41. The summed E-state index contributed by atoms with van der Waals surface area (Å²) >= 11 is 0. The second-order valence-corrected chi connectivity index (χ2v) is 7.73. The summed E-state index contributed by atoms with van der Waals surface area (Å²) in [7, 11) is 1.61. The predicted molar refractivity (Wildman–Crippen MR) is 107 cm³/mol. The fourth-order valence-corrected chi connectivity index (χ4v) is 4.68. The second-order valence-electron chi connectivity index (χ2n) is 7.73. The van der Waals surface area contributed by atoms with Crippen LogP contribution in [0.2, 0.25) is 0 Å². The van der Waals surface area contributed by atoms with E-state index in [1.807, 2.05) is 66.7 Å². The Morgan fingerprint density at radius 3 is 2.69 bits per heavy atom. The highest BCUT2D eigenvalue weighted by atomic mass is 16.5. The number of nitrogens with one attached hydrogen (secondary N) is 1. The highest BCUT2D eigenvalue weighted by Gasteiger charge is 2.67. The lowest BCUT2D eigenvalue weighted by Gasteiger charge is -2.23. The zero-order chi connectivity index (χ0) is 20.0. The Kier molecular flexibility index (Phi) is 4.17. The predicted octanol–water partition coefficient (Wildman–Crippen LogP) is 2.30. The largest absolute Gasteiger partial charge is 0.497 e. The van der Waals surface area contributed by atoms with Crippen LogP contribution >= 0.6 is 0 Å². The molecule has 1 unspecified atom stereocenters. The van der Waals surface area contributed by atoms with E-state index in [1.165, 1.54) is 0 Å². The van der Waals surface area contributed by atoms with Gasteiger partial charge < -0.3 is 19.7 Å². The van der Waals surface area contributed by atoms with Crippen molar-refractivity contribution >= 4 is 17.5 Å². The smallest absolute Gasteiger partial charge is 0.234 e. The highest BCUT2D eigenvalue weighted by Crippen LogP contribution is 2.52. The van der Waals surface area contributed by atoms with Crippen molar-refractivity contribution in [1.29, 1.82) is 0 Å². The number of carbonyl (C=O) groups is 2. The summed E-state index contributed by atoms with van der Waals surface area (Å²) in [6.07, 6.45) is 3.54. The first-order valence-electron chi connectivity index (χ1n) is 9.75. The van der Waals surface area contributed by atoms with Crippen LogP contribution in [-0.4, -0.2) is 37.2 Å².